The summed E-state index contributed by atoms with van der Waals surface area (Å²) in [6.07, 6.45) is 2.14. The highest BCUT2D eigenvalue weighted by atomic mass is 32.1. The molecule has 6 heteroatoms. The van der Waals surface area contributed by atoms with Gasteiger partial charge >= 0.3 is 5.97 Å². The lowest BCUT2D eigenvalue weighted by Gasteiger charge is -2.08. The summed E-state index contributed by atoms with van der Waals surface area (Å²) in [4.78, 5) is 16.1. The van der Waals surface area contributed by atoms with Gasteiger partial charge in [-0.1, -0.05) is 19.4 Å². The highest BCUT2D eigenvalue weighted by molar-refractivity contribution is 7.13. The van der Waals surface area contributed by atoms with Crippen molar-refractivity contribution in [2.45, 2.75) is 26.2 Å². The summed E-state index contributed by atoms with van der Waals surface area (Å²) in [5.41, 5.74) is 1.68. The van der Waals surface area contributed by atoms with E-state index in [1.165, 1.54) is 11.3 Å². The van der Waals surface area contributed by atoms with E-state index < -0.39 is 5.97 Å². The van der Waals surface area contributed by atoms with E-state index in [0.29, 0.717) is 34.9 Å². The molecule has 1 N–H and O–H groups in total. The minimum atomic E-state index is -0.903. The molecule has 0 bridgehead atoms. The molecule has 118 valence electrons. The molecule has 22 heavy (non-hydrogen) atoms. The standard InChI is InChI=1S/C16H19NO4S/c1-4-5-11-15(16(18)19)22-14(17-11)9-10-6-7-12(20-2)13(8-10)21-3/h6-8H,4-5,9H2,1-3H3,(H,18,19). The van der Waals surface area contributed by atoms with Crippen molar-refractivity contribution in [1.82, 2.24) is 4.98 Å². The van der Waals surface area contributed by atoms with Gasteiger partial charge in [-0.2, -0.15) is 0 Å². The van der Waals surface area contributed by atoms with E-state index in [1.54, 1.807) is 14.2 Å². The van der Waals surface area contributed by atoms with Gasteiger partial charge in [-0.25, -0.2) is 9.78 Å². The molecule has 0 amide bonds. The zero-order chi connectivity index (χ0) is 16.1. The quantitative estimate of drug-likeness (QED) is 0.846. The fourth-order valence-electron chi connectivity index (χ4n) is 2.21. The molecule has 0 unspecified atom stereocenters. The third kappa shape index (κ3) is 3.57. The average Bonchev–Trinajstić information content (AvgIpc) is 2.90. The van der Waals surface area contributed by atoms with Gasteiger partial charge in [0.05, 0.1) is 24.9 Å². The van der Waals surface area contributed by atoms with Crippen molar-refractivity contribution in [2.24, 2.45) is 0 Å². The Kier molecular flexibility index (Phi) is 5.38. The molecule has 0 aliphatic heterocycles. The molecule has 0 fully saturated rings. The number of thiazole rings is 1. The molecule has 0 radical (unpaired) electrons. The number of carbonyl (C=O) groups is 1. The minimum Gasteiger partial charge on any atom is -0.493 e. The fourth-order valence-corrected chi connectivity index (χ4v) is 3.20. The number of methoxy groups -OCH3 is 2. The van der Waals surface area contributed by atoms with Crippen LogP contribution in [0, 0.1) is 0 Å². The highest BCUT2D eigenvalue weighted by Gasteiger charge is 2.17. The molecule has 0 spiro atoms. The van der Waals surface area contributed by atoms with Gasteiger partial charge in [-0.05, 0) is 24.1 Å². The number of hydrogen-bond donors (Lipinski definition) is 1. The van der Waals surface area contributed by atoms with Crippen LogP contribution in [0.25, 0.3) is 0 Å². The lowest BCUT2D eigenvalue weighted by Crippen LogP contribution is -1.98. The Hall–Kier alpha value is -2.08. The van der Waals surface area contributed by atoms with E-state index in [0.717, 1.165) is 17.0 Å². The molecule has 5 nitrogen and oxygen atoms in total. The molecule has 0 saturated heterocycles. The highest BCUT2D eigenvalue weighted by Crippen LogP contribution is 2.29. The third-order valence-electron chi connectivity index (χ3n) is 3.23. The van der Waals surface area contributed by atoms with Crippen LogP contribution >= 0.6 is 11.3 Å². The van der Waals surface area contributed by atoms with E-state index in [-0.39, 0.29) is 0 Å². The van der Waals surface area contributed by atoms with Gasteiger partial charge < -0.3 is 14.6 Å². The molecule has 1 heterocycles. The Labute approximate surface area is 133 Å². The third-order valence-corrected chi connectivity index (χ3v) is 4.31. The molecule has 1 aromatic heterocycles. The smallest absolute Gasteiger partial charge is 0.347 e. The van der Waals surface area contributed by atoms with Crippen LogP contribution < -0.4 is 9.47 Å². The van der Waals surface area contributed by atoms with Gasteiger partial charge in [0.1, 0.15) is 4.88 Å². The summed E-state index contributed by atoms with van der Waals surface area (Å²) in [6, 6.07) is 5.66. The summed E-state index contributed by atoms with van der Waals surface area (Å²) in [5.74, 6) is 0.423. The second-order valence-electron chi connectivity index (χ2n) is 4.80. The van der Waals surface area contributed by atoms with E-state index in [4.69, 9.17) is 9.47 Å². The number of aromatic carboxylic acids is 1. The number of hydrogen-bond acceptors (Lipinski definition) is 5. The van der Waals surface area contributed by atoms with Gasteiger partial charge in [0.15, 0.2) is 11.5 Å². The van der Waals surface area contributed by atoms with E-state index >= 15 is 0 Å². The Bertz CT molecular complexity index is 666. The maximum Gasteiger partial charge on any atom is 0.347 e. The van der Waals surface area contributed by atoms with Gasteiger partial charge in [0.25, 0.3) is 0 Å². The zero-order valence-corrected chi connectivity index (χ0v) is 13.7. The molecule has 2 rings (SSSR count). The maximum absolute atomic E-state index is 11.3. The largest absolute Gasteiger partial charge is 0.493 e. The van der Waals surface area contributed by atoms with Crippen LogP contribution in [0.2, 0.25) is 0 Å². The summed E-state index contributed by atoms with van der Waals surface area (Å²) in [6.45, 7) is 2.01. The van der Waals surface area contributed by atoms with Crippen LogP contribution in [0.4, 0.5) is 0 Å². The van der Waals surface area contributed by atoms with Crippen molar-refractivity contribution in [3.63, 3.8) is 0 Å². The monoisotopic (exact) mass is 321 g/mol. The number of carboxylic acid groups (broad SMARTS) is 1. The van der Waals surface area contributed by atoms with Crippen LogP contribution in [0.3, 0.4) is 0 Å². The second kappa shape index (κ2) is 7.26. The SMILES string of the molecule is CCCc1nc(Cc2ccc(OC)c(OC)c2)sc1C(=O)O. The first-order valence-electron chi connectivity index (χ1n) is 7.01. The van der Waals surface area contributed by atoms with Crippen molar-refractivity contribution in [2.75, 3.05) is 14.2 Å². The number of aryl methyl sites for hydroxylation is 1. The number of rotatable bonds is 7. The lowest BCUT2D eigenvalue weighted by atomic mass is 10.1. The second-order valence-corrected chi connectivity index (χ2v) is 5.89. The van der Waals surface area contributed by atoms with Gasteiger partial charge in [-0.3, -0.25) is 0 Å². The molecule has 0 atom stereocenters. The van der Waals surface area contributed by atoms with Crippen LogP contribution in [0.15, 0.2) is 18.2 Å². The maximum atomic E-state index is 11.3. The first-order chi connectivity index (χ1) is 10.6. The lowest BCUT2D eigenvalue weighted by molar-refractivity contribution is 0.0700. The Morgan fingerprint density at radius 2 is 2.00 bits per heavy atom. The molecule has 1 aromatic carbocycles. The van der Waals surface area contributed by atoms with E-state index in [9.17, 15) is 9.90 Å². The molecule has 0 aliphatic rings. The summed E-state index contributed by atoms with van der Waals surface area (Å²) < 4.78 is 10.5. The van der Waals surface area contributed by atoms with Crippen LogP contribution in [-0.4, -0.2) is 30.3 Å². The normalized spacial score (nSPS) is 10.5. The Morgan fingerprint density at radius 1 is 1.27 bits per heavy atom. The predicted molar refractivity (Wildman–Crippen MR) is 85.4 cm³/mol. The van der Waals surface area contributed by atoms with Gasteiger partial charge in [0.2, 0.25) is 0 Å². The topological polar surface area (TPSA) is 68.7 Å². The average molecular weight is 321 g/mol. The number of carboxylic acids is 1. The summed E-state index contributed by atoms with van der Waals surface area (Å²) >= 11 is 1.24. The minimum absolute atomic E-state index is 0.345. The predicted octanol–water partition coefficient (Wildman–Crippen LogP) is 3.40. The van der Waals surface area contributed by atoms with Crippen molar-refractivity contribution in [3.8, 4) is 11.5 Å². The zero-order valence-electron chi connectivity index (χ0n) is 12.9. The van der Waals surface area contributed by atoms with Crippen molar-refractivity contribution in [3.05, 3.63) is 39.3 Å². The fraction of sp³-hybridized carbons (Fsp3) is 0.375. The van der Waals surface area contributed by atoms with Crippen LogP contribution in [0.5, 0.6) is 11.5 Å². The number of nitrogens with zero attached hydrogens (tertiary/aromatic N) is 1. The molecular formula is C16H19NO4S. The summed E-state index contributed by atoms with van der Waals surface area (Å²) in [7, 11) is 3.18. The molecule has 0 saturated carbocycles. The number of ether oxygens (including phenoxy) is 2. The van der Waals surface area contributed by atoms with Gasteiger partial charge in [0, 0.05) is 6.42 Å². The first kappa shape index (κ1) is 16.3. The van der Waals surface area contributed by atoms with Crippen molar-refractivity contribution >= 4 is 17.3 Å². The Balaban J connectivity index is 2.27. The van der Waals surface area contributed by atoms with Crippen LogP contribution in [0.1, 0.15) is 39.3 Å². The number of aromatic nitrogens is 1. The molecular weight excluding hydrogens is 302 g/mol. The molecule has 2 aromatic rings. The first-order valence-corrected chi connectivity index (χ1v) is 7.83. The van der Waals surface area contributed by atoms with Crippen molar-refractivity contribution < 1.29 is 19.4 Å². The van der Waals surface area contributed by atoms with Crippen molar-refractivity contribution in [1.29, 1.82) is 0 Å². The van der Waals surface area contributed by atoms with Gasteiger partial charge in [-0.15, -0.1) is 11.3 Å². The number of benzene rings is 1. The van der Waals surface area contributed by atoms with E-state index in [1.807, 2.05) is 25.1 Å². The summed E-state index contributed by atoms with van der Waals surface area (Å²) in [5, 5.41) is 10.1. The van der Waals surface area contributed by atoms with Crippen LogP contribution in [-0.2, 0) is 12.8 Å². The molecule has 0 aliphatic carbocycles. The Morgan fingerprint density at radius 3 is 2.59 bits per heavy atom. The van der Waals surface area contributed by atoms with E-state index in [2.05, 4.69) is 4.98 Å².